The number of hydrogen-bond acceptors (Lipinski definition) is 4. The summed E-state index contributed by atoms with van der Waals surface area (Å²) in [5, 5.41) is 5.85. The number of furan rings is 1. The highest BCUT2D eigenvalue weighted by molar-refractivity contribution is 6.02. The predicted molar refractivity (Wildman–Crippen MR) is 99.4 cm³/mol. The lowest BCUT2D eigenvalue weighted by Gasteiger charge is -2.22. The first-order chi connectivity index (χ1) is 13.2. The van der Waals surface area contributed by atoms with Crippen LogP contribution in [0.2, 0.25) is 0 Å². The number of hydrogen-bond donors (Lipinski definition) is 2. The van der Waals surface area contributed by atoms with E-state index >= 15 is 0 Å². The molecule has 1 aliphatic carbocycles. The number of carbonyl (C=O) groups excluding carboxylic acids is 2. The van der Waals surface area contributed by atoms with Gasteiger partial charge in [0.1, 0.15) is 5.76 Å². The molecule has 0 aromatic carbocycles. The molecule has 7 heteroatoms. The van der Waals surface area contributed by atoms with Crippen molar-refractivity contribution < 1.29 is 14.0 Å². The largest absolute Gasteiger partial charge is 0.467 e. The molecule has 3 aromatic rings. The van der Waals surface area contributed by atoms with Gasteiger partial charge in [-0.3, -0.25) is 14.0 Å². The molecule has 1 fully saturated rings. The summed E-state index contributed by atoms with van der Waals surface area (Å²) in [6, 6.07) is 9.15. The molecule has 3 aromatic heterocycles. The van der Waals surface area contributed by atoms with E-state index < -0.39 is 0 Å². The number of nitrogens with zero attached hydrogens (tertiary/aromatic N) is 2. The van der Waals surface area contributed by atoms with E-state index in [1.807, 2.05) is 12.1 Å². The van der Waals surface area contributed by atoms with Crippen molar-refractivity contribution >= 4 is 17.3 Å². The number of carbonyl (C=O) groups is 2. The van der Waals surface area contributed by atoms with Crippen LogP contribution in [0.25, 0.3) is 5.52 Å². The molecule has 2 amide bonds. The normalized spacial score (nSPS) is 15.0. The highest BCUT2D eigenvalue weighted by Crippen LogP contribution is 2.19. The summed E-state index contributed by atoms with van der Waals surface area (Å²) in [6.07, 6.45) is 8.78. The van der Waals surface area contributed by atoms with Crippen LogP contribution >= 0.6 is 0 Å². The number of fused-ring (bicyclic) bond motifs is 1. The lowest BCUT2D eigenvalue weighted by molar-refractivity contribution is 0.0916. The third kappa shape index (κ3) is 3.72. The zero-order chi connectivity index (χ0) is 18.6. The van der Waals surface area contributed by atoms with Crippen LogP contribution in [-0.2, 0) is 6.54 Å². The van der Waals surface area contributed by atoms with E-state index in [0.717, 1.165) is 25.7 Å². The summed E-state index contributed by atoms with van der Waals surface area (Å²) in [5.41, 5.74) is 0.833. The number of pyridine rings is 1. The third-order valence-corrected chi connectivity index (χ3v) is 4.91. The van der Waals surface area contributed by atoms with Crippen LogP contribution in [0.15, 0.2) is 47.2 Å². The molecule has 0 radical (unpaired) electrons. The molecule has 1 aliphatic rings. The van der Waals surface area contributed by atoms with Gasteiger partial charge < -0.3 is 15.1 Å². The molecule has 0 atom stereocenters. The van der Waals surface area contributed by atoms with Gasteiger partial charge in [0.2, 0.25) is 5.82 Å². The number of amides is 2. The maximum absolute atomic E-state index is 12.8. The molecule has 0 saturated heterocycles. The van der Waals surface area contributed by atoms with Crippen molar-refractivity contribution in [2.24, 2.45) is 0 Å². The van der Waals surface area contributed by atoms with Crippen LogP contribution in [0.5, 0.6) is 0 Å². The molecule has 2 N–H and O–H groups in total. The highest BCUT2D eigenvalue weighted by atomic mass is 16.3. The van der Waals surface area contributed by atoms with E-state index in [4.69, 9.17) is 4.42 Å². The van der Waals surface area contributed by atoms with Crippen LogP contribution in [0.4, 0.5) is 0 Å². The summed E-state index contributed by atoms with van der Waals surface area (Å²) in [4.78, 5) is 29.7. The number of nitrogens with one attached hydrogen (secondary N) is 2. The quantitative estimate of drug-likeness (QED) is 0.727. The number of aromatic nitrogens is 2. The first-order valence-corrected chi connectivity index (χ1v) is 9.31. The van der Waals surface area contributed by atoms with Gasteiger partial charge in [-0.15, -0.1) is 0 Å². The van der Waals surface area contributed by atoms with Crippen molar-refractivity contribution in [3.8, 4) is 0 Å². The predicted octanol–water partition coefficient (Wildman–Crippen LogP) is 2.92. The van der Waals surface area contributed by atoms with Crippen LogP contribution in [-0.4, -0.2) is 27.2 Å². The monoisotopic (exact) mass is 366 g/mol. The second-order valence-corrected chi connectivity index (χ2v) is 6.81. The second kappa shape index (κ2) is 7.65. The first kappa shape index (κ1) is 17.3. The Kier molecular flexibility index (Phi) is 4.91. The fourth-order valence-corrected chi connectivity index (χ4v) is 3.53. The van der Waals surface area contributed by atoms with Crippen LogP contribution in [0, 0.1) is 0 Å². The van der Waals surface area contributed by atoms with Gasteiger partial charge in [-0.05, 0) is 37.1 Å². The molecule has 4 rings (SSSR count). The van der Waals surface area contributed by atoms with Gasteiger partial charge in [0.15, 0.2) is 5.69 Å². The van der Waals surface area contributed by atoms with E-state index in [-0.39, 0.29) is 35.9 Å². The van der Waals surface area contributed by atoms with E-state index in [0.29, 0.717) is 11.3 Å². The lowest BCUT2D eigenvalue weighted by Crippen LogP contribution is -2.37. The zero-order valence-corrected chi connectivity index (χ0v) is 15.0. The minimum atomic E-state index is -0.341. The molecular weight excluding hydrogens is 344 g/mol. The van der Waals surface area contributed by atoms with Crippen molar-refractivity contribution in [2.45, 2.75) is 44.7 Å². The van der Waals surface area contributed by atoms with Crippen LogP contribution in [0.1, 0.15) is 59.0 Å². The van der Waals surface area contributed by atoms with Gasteiger partial charge in [-0.1, -0.05) is 25.3 Å². The molecule has 0 unspecified atom stereocenters. The average Bonchev–Trinajstić information content (AvgIpc) is 3.35. The van der Waals surface area contributed by atoms with Gasteiger partial charge in [-0.2, -0.15) is 0 Å². The molecule has 7 nitrogen and oxygen atoms in total. The summed E-state index contributed by atoms with van der Waals surface area (Å²) in [6.45, 7) is 0.265. The Balaban J connectivity index is 1.56. The van der Waals surface area contributed by atoms with Crippen molar-refractivity contribution in [3.63, 3.8) is 0 Å². The molecule has 0 bridgehead atoms. The Hall–Kier alpha value is -3.09. The molecule has 0 aliphatic heterocycles. The summed E-state index contributed by atoms with van der Waals surface area (Å²) in [5.74, 6) is 0.307. The SMILES string of the molecule is O=C(NCc1ccco1)c1nc(C(=O)NC2CCCCC2)n2ccccc12. The van der Waals surface area contributed by atoms with Crippen molar-refractivity contribution in [2.75, 3.05) is 0 Å². The Bertz CT molecular complexity index is 939. The molecular formula is C20H22N4O3. The minimum absolute atomic E-state index is 0.179. The third-order valence-electron chi connectivity index (χ3n) is 4.91. The van der Waals surface area contributed by atoms with E-state index in [1.165, 1.54) is 6.42 Å². The van der Waals surface area contributed by atoms with E-state index in [1.54, 1.807) is 35.1 Å². The van der Waals surface area contributed by atoms with Crippen molar-refractivity contribution in [1.82, 2.24) is 20.0 Å². The number of imidazole rings is 1. The summed E-state index contributed by atoms with van der Waals surface area (Å²) in [7, 11) is 0. The second-order valence-electron chi connectivity index (χ2n) is 6.81. The van der Waals surface area contributed by atoms with E-state index in [2.05, 4.69) is 15.6 Å². The highest BCUT2D eigenvalue weighted by Gasteiger charge is 2.24. The maximum atomic E-state index is 12.8. The molecule has 1 saturated carbocycles. The zero-order valence-electron chi connectivity index (χ0n) is 15.0. The van der Waals surface area contributed by atoms with Gasteiger partial charge in [-0.25, -0.2) is 4.98 Å². The maximum Gasteiger partial charge on any atom is 0.287 e. The van der Waals surface area contributed by atoms with Crippen LogP contribution in [0.3, 0.4) is 0 Å². The minimum Gasteiger partial charge on any atom is -0.467 e. The smallest absolute Gasteiger partial charge is 0.287 e. The van der Waals surface area contributed by atoms with Gasteiger partial charge in [0.05, 0.1) is 18.3 Å². The van der Waals surface area contributed by atoms with Crippen molar-refractivity contribution in [3.05, 3.63) is 60.1 Å². The topological polar surface area (TPSA) is 88.6 Å². The van der Waals surface area contributed by atoms with Crippen LogP contribution < -0.4 is 10.6 Å². The van der Waals surface area contributed by atoms with Crippen molar-refractivity contribution in [1.29, 1.82) is 0 Å². The first-order valence-electron chi connectivity index (χ1n) is 9.31. The Morgan fingerprint density at radius 3 is 2.74 bits per heavy atom. The van der Waals surface area contributed by atoms with Gasteiger partial charge in [0, 0.05) is 12.2 Å². The Morgan fingerprint density at radius 2 is 1.96 bits per heavy atom. The number of rotatable bonds is 5. The molecule has 27 heavy (non-hydrogen) atoms. The standard InChI is InChI=1S/C20H22N4O3/c25-19(21-13-15-9-6-12-27-15)17-16-10-4-5-11-24(16)18(23-17)20(26)22-14-7-2-1-3-8-14/h4-6,9-12,14H,1-3,7-8,13H2,(H,21,25)(H,22,26). The molecule has 140 valence electrons. The van der Waals surface area contributed by atoms with Gasteiger partial charge in [0.25, 0.3) is 11.8 Å². The lowest BCUT2D eigenvalue weighted by atomic mass is 9.95. The molecule has 3 heterocycles. The summed E-state index contributed by atoms with van der Waals surface area (Å²) < 4.78 is 6.90. The fourth-order valence-electron chi connectivity index (χ4n) is 3.53. The van der Waals surface area contributed by atoms with E-state index in [9.17, 15) is 9.59 Å². The Morgan fingerprint density at radius 1 is 1.11 bits per heavy atom. The Labute approximate surface area is 156 Å². The molecule has 0 spiro atoms. The van der Waals surface area contributed by atoms with Gasteiger partial charge >= 0.3 is 0 Å². The fraction of sp³-hybridized carbons (Fsp3) is 0.350. The average molecular weight is 366 g/mol. The summed E-state index contributed by atoms with van der Waals surface area (Å²) >= 11 is 0.